The number of esters is 2. The van der Waals surface area contributed by atoms with E-state index in [1.807, 2.05) is 48.5 Å². The number of carbonyl (C=O) groups excluding carboxylic acids is 4. The number of ether oxygens (including phenoxy) is 4. The first-order valence-corrected chi connectivity index (χ1v) is 17.9. The van der Waals surface area contributed by atoms with E-state index < -0.39 is 77.8 Å². The number of hydroxylamine groups is 2. The van der Waals surface area contributed by atoms with Crippen molar-refractivity contribution in [3.05, 3.63) is 76.9 Å². The lowest BCUT2D eigenvalue weighted by atomic mass is 9.62. The first kappa shape index (κ1) is 36.2. The molecule has 0 unspecified atom stereocenters. The summed E-state index contributed by atoms with van der Waals surface area (Å²) in [5.74, 6) is -2.72. The van der Waals surface area contributed by atoms with Crippen molar-refractivity contribution >= 4 is 29.8 Å². The van der Waals surface area contributed by atoms with Gasteiger partial charge in [0.2, 0.25) is 11.8 Å². The maximum absolute atomic E-state index is 14.7. The fourth-order valence-electron chi connectivity index (χ4n) is 8.26. The number of hydrogen-bond acceptors (Lipinski definition) is 11. The van der Waals surface area contributed by atoms with E-state index in [0.717, 1.165) is 22.3 Å². The SMILES string of the molecule is CN(C)C(=O)C=Cc1cccc(CN2O[C@@H]3[C@H]4OC5(Cc6ccccc6C5)O[C@H]4[C@H]4C[C@]3(C(=O)N[C@H](CO)CCC(=O)OC(C)(C)C)[C@@H]2C(=O)O4)c1. The molecule has 0 radical (unpaired) electrons. The number of amides is 2. The molecular formula is C39H47N3O10. The standard InChI is InChI=1S/C39H47N3O10/c1-37(2,3)49-30(45)16-14-27(22-43)40-36(47)39-20-28-31-32(51-38(50-31)18-25-11-6-7-12-26(25)19-38)34(39)52-42(33(39)35(46)48-28)21-24-10-8-9-23(17-24)13-15-29(44)41(4)5/h6-13,15,17,27-28,31-34,43H,14,16,18-22H2,1-5H3,(H,40,47)/t27-,28+,31-,32-,33-,34+,39-/m0/s1. The third kappa shape index (κ3) is 6.76. The molecule has 13 nitrogen and oxygen atoms in total. The van der Waals surface area contributed by atoms with Crippen LogP contribution in [0.1, 0.15) is 62.3 Å². The van der Waals surface area contributed by atoms with Crippen molar-refractivity contribution in [3.8, 4) is 0 Å². The van der Waals surface area contributed by atoms with Gasteiger partial charge in [-0.25, -0.2) is 0 Å². The van der Waals surface area contributed by atoms with Crippen LogP contribution in [-0.4, -0.2) is 107 Å². The third-order valence-corrected chi connectivity index (χ3v) is 10.5. The van der Waals surface area contributed by atoms with Gasteiger partial charge in [-0.1, -0.05) is 48.5 Å². The minimum Gasteiger partial charge on any atom is -0.460 e. The van der Waals surface area contributed by atoms with E-state index in [9.17, 15) is 24.3 Å². The average molecular weight is 718 g/mol. The fraction of sp³-hybridized carbons (Fsp3) is 0.538. The van der Waals surface area contributed by atoms with Gasteiger partial charge in [-0.2, -0.15) is 5.06 Å². The number of benzene rings is 2. The van der Waals surface area contributed by atoms with Crippen molar-refractivity contribution < 1.29 is 48.1 Å². The molecule has 3 aliphatic heterocycles. The van der Waals surface area contributed by atoms with E-state index in [2.05, 4.69) is 5.32 Å². The van der Waals surface area contributed by atoms with Crippen LogP contribution in [0.5, 0.6) is 0 Å². The van der Waals surface area contributed by atoms with E-state index in [0.29, 0.717) is 12.8 Å². The lowest BCUT2D eigenvalue weighted by Crippen LogP contribution is -2.70. The van der Waals surface area contributed by atoms with Crippen molar-refractivity contribution in [1.29, 1.82) is 0 Å². The summed E-state index contributed by atoms with van der Waals surface area (Å²) in [5, 5.41) is 14.8. The summed E-state index contributed by atoms with van der Waals surface area (Å²) in [6.45, 7) is 5.01. The Morgan fingerprint density at radius 1 is 1.08 bits per heavy atom. The highest BCUT2D eigenvalue weighted by Crippen LogP contribution is 2.58. The smallest absolute Gasteiger partial charge is 0.327 e. The van der Waals surface area contributed by atoms with E-state index in [1.54, 1.807) is 40.9 Å². The molecule has 5 aliphatic rings. The lowest BCUT2D eigenvalue weighted by molar-refractivity contribution is -0.217. The number of carbonyl (C=O) groups is 4. The molecular weight excluding hydrogens is 670 g/mol. The number of fused-ring (bicyclic) bond motifs is 5. The zero-order chi connectivity index (χ0) is 37.0. The molecule has 3 saturated heterocycles. The molecule has 13 heteroatoms. The van der Waals surface area contributed by atoms with Gasteiger partial charge in [0.15, 0.2) is 11.8 Å². The second-order valence-corrected chi connectivity index (χ2v) is 15.7. The second kappa shape index (κ2) is 13.7. The van der Waals surface area contributed by atoms with Crippen molar-refractivity contribution in [2.75, 3.05) is 20.7 Å². The molecule has 7 rings (SSSR count). The Labute approximate surface area is 303 Å². The molecule has 2 aliphatic carbocycles. The molecule has 278 valence electrons. The van der Waals surface area contributed by atoms with Crippen molar-refractivity contribution in [3.63, 3.8) is 0 Å². The number of likely N-dealkylation sites (N-methyl/N-ethyl adjacent to an activating group) is 1. The number of aliphatic hydroxyl groups excluding tert-OH is 1. The molecule has 4 fully saturated rings. The van der Waals surface area contributed by atoms with Crippen LogP contribution in [0.4, 0.5) is 0 Å². The van der Waals surface area contributed by atoms with Gasteiger partial charge in [0.25, 0.3) is 0 Å². The summed E-state index contributed by atoms with van der Waals surface area (Å²) in [7, 11) is 3.35. The molecule has 2 N–H and O–H groups in total. The number of rotatable bonds is 10. The Hall–Kier alpha value is -4.14. The van der Waals surface area contributed by atoms with Gasteiger partial charge >= 0.3 is 11.9 Å². The summed E-state index contributed by atoms with van der Waals surface area (Å²) in [4.78, 5) is 61.6. The Kier molecular flexibility index (Phi) is 9.53. The zero-order valence-electron chi connectivity index (χ0n) is 30.2. The molecule has 2 bridgehead atoms. The third-order valence-electron chi connectivity index (χ3n) is 10.5. The monoisotopic (exact) mass is 717 g/mol. The quantitative estimate of drug-likeness (QED) is 0.276. The van der Waals surface area contributed by atoms with Gasteiger partial charge in [-0.05, 0) is 55.5 Å². The number of hydrogen-bond donors (Lipinski definition) is 2. The first-order chi connectivity index (χ1) is 24.7. The molecule has 52 heavy (non-hydrogen) atoms. The molecule has 7 atom stereocenters. The molecule has 0 aromatic heterocycles. The summed E-state index contributed by atoms with van der Waals surface area (Å²) in [5.41, 5.74) is 1.63. The van der Waals surface area contributed by atoms with Crippen LogP contribution in [0.3, 0.4) is 0 Å². The molecule has 1 saturated carbocycles. The maximum Gasteiger partial charge on any atom is 0.327 e. The van der Waals surface area contributed by atoms with Crippen LogP contribution in [0.2, 0.25) is 0 Å². The minimum atomic E-state index is -1.46. The highest BCUT2D eigenvalue weighted by molar-refractivity contribution is 5.94. The number of aliphatic hydroxyl groups is 1. The predicted octanol–water partition coefficient (Wildman–Crippen LogP) is 2.47. The van der Waals surface area contributed by atoms with Crippen molar-refractivity contribution in [2.45, 2.75) is 107 Å². The van der Waals surface area contributed by atoms with E-state index in [1.165, 1.54) is 16.0 Å². The zero-order valence-corrected chi connectivity index (χ0v) is 30.2. The largest absolute Gasteiger partial charge is 0.460 e. The number of nitrogens with one attached hydrogen (secondary N) is 1. The van der Waals surface area contributed by atoms with Crippen LogP contribution in [0, 0.1) is 5.41 Å². The van der Waals surface area contributed by atoms with Crippen LogP contribution in [-0.2, 0) is 62.3 Å². The fourth-order valence-corrected chi connectivity index (χ4v) is 8.26. The van der Waals surface area contributed by atoms with Gasteiger partial charge < -0.3 is 34.3 Å². The van der Waals surface area contributed by atoms with Crippen LogP contribution < -0.4 is 5.32 Å². The topological polar surface area (TPSA) is 153 Å². The van der Waals surface area contributed by atoms with Crippen LogP contribution in [0.15, 0.2) is 54.6 Å². The van der Waals surface area contributed by atoms with Crippen molar-refractivity contribution in [2.24, 2.45) is 5.41 Å². The lowest BCUT2D eigenvalue weighted by Gasteiger charge is -2.49. The predicted molar refractivity (Wildman–Crippen MR) is 186 cm³/mol. The molecule has 3 heterocycles. The van der Waals surface area contributed by atoms with Crippen molar-refractivity contribution in [1.82, 2.24) is 15.3 Å². The first-order valence-electron chi connectivity index (χ1n) is 17.9. The molecule has 1 spiro atoms. The van der Waals surface area contributed by atoms with E-state index >= 15 is 0 Å². The highest BCUT2D eigenvalue weighted by Gasteiger charge is 2.76. The molecule has 2 aromatic rings. The Balaban J connectivity index is 1.19. The Morgan fingerprint density at radius 3 is 2.46 bits per heavy atom. The summed E-state index contributed by atoms with van der Waals surface area (Å²) in [6, 6.07) is 13.6. The van der Waals surface area contributed by atoms with Gasteiger partial charge in [0.05, 0.1) is 19.2 Å². The van der Waals surface area contributed by atoms with E-state index in [4.69, 9.17) is 23.8 Å². The molecule has 2 aromatic carbocycles. The summed E-state index contributed by atoms with van der Waals surface area (Å²) < 4.78 is 25.0. The highest BCUT2D eigenvalue weighted by atomic mass is 16.8. The summed E-state index contributed by atoms with van der Waals surface area (Å²) in [6.07, 6.45) is 1.29. The molecule has 2 amide bonds. The van der Waals surface area contributed by atoms with Gasteiger partial charge in [-0.3, -0.25) is 24.0 Å². The average Bonchev–Trinajstić information content (AvgIpc) is 3.76. The van der Waals surface area contributed by atoms with Gasteiger partial charge in [-0.15, -0.1) is 0 Å². The summed E-state index contributed by atoms with van der Waals surface area (Å²) >= 11 is 0. The maximum atomic E-state index is 14.7. The van der Waals surface area contributed by atoms with E-state index in [-0.39, 0.29) is 31.7 Å². The van der Waals surface area contributed by atoms with Crippen LogP contribution in [0.25, 0.3) is 6.08 Å². The van der Waals surface area contributed by atoms with Crippen LogP contribution >= 0.6 is 0 Å². The van der Waals surface area contributed by atoms with Gasteiger partial charge in [0.1, 0.15) is 35.4 Å². The van der Waals surface area contributed by atoms with Gasteiger partial charge in [0, 0.05) is 45.9 Å². The normalized spacial score (nSPS) is 29.0. The number of nitrogens with zero attached hydrogens (tertiary/aromatic N) is 2. The second-order valence-electron chi connectivity index (χ2n) is 15.7. The Bertz CT molecular complexity index is 1750. The minimum absolute atomic E-state index is 0.0222. The Morgan fingerprint density at radius 2 is 1.79 bits per heavy atom.